The van der Waals surface area contributed by atoms with Gasteiger partial charge >= 0.3 is 5.97 Å². The minimum absolute atomic E-state index is 0.0732. The van der Waals surface area contributed by atoms with Crippen molar-refractivity contribution in [3.63, 3.8) is 0 Å². The lowest BCUT2D eigenvalue weighted by atomic mass is 10.1. The van der Waals surface area contributed by atoms with E-state index in [2.05, 4.69) is 11.8 Å². The molecule has 0 radical (unpaired) electrons. The summed E-state index contributed by atoms with van der Waals surface area (Å²) in [5.74, 6) is 3.39. The van der Waals surface area contributed by atoms with Crippen LogP contribution in [0.2, 0.25) is 0 Å². The fourth-order valence-electron chi connectivity index (χ4n) is 1.06. The van der Waals surface area contributed by atoms with Gasteiger partial charge in [-0.15, -0.1) is 0 Å². The molecule has 6 nitrogen and oxygen atoms in total. The highest BCUT2D eigenvalue weighted by atomic mass is 16.6. The van der Waals surface area contributed by atoms with Gasteiger partial charge in [-0.05, 0) is 12.1 Å². The van der Waals surface area contributed by atoms with Crippen molar-refractivity contribution in [2.45, 2.75) is 0 Å². The van der Waals surface area contributed by atoms with Gasteiger partial charge in [0.2, 0.25) is 0 Å². The molecule has 0 heterocycles. The Labute approximate surface area is 90.3 Å². The molecule has 0 aromatic heterocycles. The number of aliphatic hydroxyl groups excluding tert-OH is 1. The molecule has 0 amide bonds. The summed E-state index contributed by atoms with van der Waals surface area (Å²) in [4.78, 5) is 20.5. The van der Waals surface area contributed by atoms with Crippen LogP contribution in [-0.2, 0) is 0 Å². The number of benzene rings is 1. The maximum atomic E-state index is 10.6. The molecule has 16 heavy (non-hydrogen) atoms. The van der Waals surface area contributed by atoms with Crippen LogP contribution in [0.4, 0.5) is 5.69 Å². The lowest BCUT2D eigenvalue weighted by Crippen LogP contribution is -1.99. The number of carbonyl (C=O) groups is 1. The van der Waals surface area contributed by atoms with Gasteiger partial charge in [-0.25, -0.2) is 4.79 Å². The number of nitrogens with zero attached hydrogens (tertiary/aromatic N) is 1. The lowest BCUT2D eigenvalue weighted by Gasteiger charge is -1.97. The van der Waals surface area contributed by atoms with E-state index < -0.39 is 17.5 Å². The van der Waals surface area contributed by atoms with Crippen molar-refractivity contribution < 1.29 is 19.9 Å². The van der Waals surface area contributed by atoms with E-state index in [-0.39, 0.29) is 16.8 Å². The Balaban J connectivity index is 3.30. The number of aliphatic hydroxyl groups is 1. The maximum absolute atomic E-state index is 10.6. The van der Waals surface area contributed by atoms with Crippen LogP contribution in [0.5, 0.6) is 0 Å². The number of carboxylic acids is 1. The van der Waals surface area contributed by atoms with E-state index in [0.29, 0.717) is 0 Å². The molecule has 0 bridgehead atoms. The van der Waals surface area contributed by atoms with E-state index in [4.69, 9.17) is 10.2 Å². The van der Waals surface area contributed by atoms with Gasteiger partial charge in [0, 0.05) is 6.07 Å². The average molecular weight is 221 g/mol. The first-order valence-electron chi connectivity index (χ1n) is 4.17. The summed E-state index contributed by atoms with van der Waals surface area (Å²) in [6.45, 7) is -0.419. The smallest absolute Gasteiger partial charge is 0.335 e. The molecule has 0 spiro atoms. The van der Waals surface area contributed by atoms with E-state index in [0.717, 1.165) is 6.07 Å². The Morgan fingerprint density at radius 3 is 2.69 bits per heavy atom. The molecule has 0 saturated carbocycles. The third kappa shape index (κ3) is 2.56. The maximum Gasteiger partial charge on any atom is 0.335 e. The van der Waals surface area contributed by atoms with Crippen molar-refractivity contribution in [3.05, 3.63) is 39.4 Å². The lowest BCUT2D eigenvalue weighted by molar-refractivity contribution is -0.385. The minimum atomic E-state index is -1.25. The third-order valence-electron chi connectivity index (χ3n) is 1.74. The molecule has 0 aliphatic rings. The molecule has 0 unspecified atom stereocenters. The second-order valence-electron chi connectivity index (χ2n) is 2.75. The van der Waals surface area contributed by atoms with Crippen molar-refractivity contribution in [3.8, 4) is 11.8 Å². The zero-order chi connectivity index (χ0) is 12.1. The highest BCUT2D eigenvalue weighted by molar-refractivity contribution is 5.88. The fraction of sp³-hybridized carbons (Fsp3) is 0.100. The van der Waals surface area contributed by atoms with E-state index in [1.807, 2.05) is 0 Å². The highest BCUT2D eigenvalue weighted by Crippen LogP contribution is 2.19. The summed E-state index contributed by atoms with van der Waals surface area (Å²) < 4.78 is 0. The number of aromatic carboxylic acids is 1. The topological polar surface area (TPSA) is 101 Å². The molecule has 0 atom stereocenters. The van der Waals surface area contributed by atoms with Gasteiger partial charge in [-0.2, -0.15) is 0 Å². The van der Waals surface area contributed by atoms with Crippen LogP contribution in [0.1, 0.15) is 15.9 Å². The van der Waals surface area contributed by atoms with E-state index >= 15 is 0 Å². The van der Waals surface area contributed by atoms with E-state index in [1.165, 1.54) is 12.1 Å². The summed E-state index contributed by atoms with van der Waals surface area (Å²) in [6, 6.07) is 3.39. The molecule has 2 N–H and O–H groups in total. The third-order valence-corrected chi connectivity index (χ3v) is 1.74. The molecule has 0 aliphatic carbocycles. The zero-order valence-electron chi connectivity index (χ0n) is 8.01. The SMILES string of the molecule is O=C(O)c1ccc(C#CCO)c([N+](=O)[O-])c1. The number of carboxylic acid groups (broad SMARTS) is 1. The monoisotopic (exact) mass is 221 g/mol. The summed E-state index contributed by atoms with van der Waals surface area (Å²) in [5, 5.41) is 27.8. The van der Waals surface area contributed by atoms with Crippen molar-refractivity contribution in [2.75, 3.05) is 6.61 Å². The second kappa shape index (κ2) is 4.91. The second-order valence-corrected chi connectivity index (χ2v) is 2.75. The Kier molecular flexibility index (Phi) is 3.58. The van der Waals surface area contributed by atoms with Crippen LogP contribution < -0.4 is 0 Å². The van der Waals surface area contributed by atoms with E-state index in [9.17, 15) is 14.9 Å². The largest absolute Gasteiger partial charge is 0.478 e. The molecule has 0 saturated heterocycles. The van der Waals surface area contributed by atoms with Gasteiger partial charge in [-0.3, -0.25) is 10.1 Å². The molecule has 82 valence electrons. The normalized spacial score (nSPS) is 9.06. The number of nitro benzene ring substituents is 1. The summed E-state index contributed by atoms with van der Waals surface area (Å²) in [6.07, 6.45) is 0. The Hall–Kier alpha value is -2.39. The van der Waals surface area contributed by atoms with Crippen LogP contribution in [0.25, 0.3) is 0 Å². The number of hydrogen-bond acceptors (Lipinski definition) is 4. The van der Waals surface area contributed by atoms with Gasteiger partial charge in [0.15, 0.2) is 0 Å². The summed E-state index contributed by atoms with van der Waals surface area (Å²) in [5.41, 5.74) is -0.494. The summed E-state index contributed by atoms with van der Waals surface area (Å²) >= 11 is 0. The van der Waals surface area contributed by atoms with Gasteiger partial charge in [0.25, 0.3) is 5.69 Å². The molecular formula is C10H7NO5. The number of rotatable bonds is 2. The molecule has 6 heteroatoms. The van der Waals surface area contributed by atoms with Crippen molar-refractivity contribution in [1.29, 1.82) is 0 Å². The quantitative estimate of drug-likeness (QED) is 0.433. The Morgan fingerprint density at radius 1 is 1.50 bits per heavy atom. The van der Waals surface area contributed by atoms with Crippen LogP contribution >= 0.6 is 0 Å². The van der Waals surface area contributed by atoms with Crippen molar-refractivity contribution in [2.24, 2.45) is 0 Å². The standard InChI is InChI=1S/C10H7NO5/c12-5-1-2-7-3-4-8(10(13)14)6-9(7)11(15)16/h3-4,6,12H,5H2,(H,13,14). The van der Waals surface area contributed by atoms with Gasteiger partial charge in [0.1, 0.15) is 12.2 Å². The van der Waals surface area contributed by atoms with Crippen LogP contribution in [0.3, 0.4) is 0 Å². The van der Waals surface area contributed by atoms with Gasteiger partial charge < -0.3 is 10.2 Å². The average Bonchev–Trinajstić information content (AvgIpc) is 2.25. The molecule has 0 fully saturated rings. The first kappa shape index (κ1) is 11.7. The Morgan fingerprint density at radius 2 is 2.19 bits per heavy atom. The minimum Gasteiger partial charge on any atom is -0.478 e. The summed E-state index contributed by atoms with van der Waals surface area (Å²) in [7, 11) is 0. The van der Waals surface area contributed by atoms with Gasteiger partial charge in [-0.1, -0.05) is 11.8 Å². The fourth-order valence-corrected chi connectivity index (χ4v) is 1.06. The van der Waals surface area contributed by atoms with Crippen LogP contribution in [0, 0.1) is 22.0 Å². The first-order chi connectivity index (χ1) is 7.56. The van der Waals surface area contributed by atoms with E-state index in [1.54, 1.807) is 0 Å². The molecule has 1 aromatic rings. The highest BCUT2D eigenvalue weighted by Gasteiger charge is 2.15. The molecular weight excluding hydrogens is 214 g/mol. The predicted molar refractivity (Wildman–Crippen MR) is 54.0 cm³/mol. The first-order valence-corrected chi connectivity index (χ1v) is 4.17. The van der Waals surface area contributed by atoms with Crippen molar-refractivity contribution >= 4 is 11.7 Å². The Bertz CT molecular complexity index is 498. The zero-order valence-corrected chi connectivity index (χ0v) is 8.01. The van der Waals surface area contributed by atoms with Crippen molar-refractivity contribution in [1.82, 2.24) is 0 Å². The van der Waals surface area contributed by atoms with Crippen LogP contribution in [0.15, 0.2) is 18.2 Å². The molecule has 0 aliphatic heterocycles. The molecule has 1 rings (SSSR count). The predicted octanol–water partition coefficient (Wildman–Crippen LogP) is 0.637. The van der Waals surface area contributed by atoms with Gasteiger partial charge in [0.05, 0.1) is 10.5 Å². The number of hydrogen-bond donors (Lipinski definition) is 2. The number of nitro groups is 1. The van der Waals surface area contributed by atoms with Crippen LogP contribution in [-0.4, -0.2) is 27.7 Å². The molecule has 1 aromatic carbocycles.